The van der Waals surface area contributed by atoms with E-state index in [4.69, 9.17) is 0 Å². The van der Waals surface area contributed by atoms with Gasteiger partial charge in [0.05, 0.1) is 0 Å². The molecule has 0 amide bonds. The van der Waals surface area contributed by atoms with Gasteiger partial charge in [0.25, 0.3) is 0 Å². The Hall–Kier alpha value is -0.860. The summed E-state index contributed by atoms with van der Waals surface area (Å²) in [5.41, 5.74) is 1.50. The van der Waals surface area contributed by atoms with Crippen LogP contribution in [-0.2, 0) is 0 Å². The van der Waals surface area contributed by atoms with E-state index in [0.29, 0.717) is 24.5 Å². The van der Waals surface area contributed by atoms with Crippen LogP contribution >= 0.6 is 0 Å². The quantitative estimate of drug-likeness (QED) is 0.852. The van der Waals surface area contributed by atoms with Gasteiger partial charge in [0.15, 0.2) is 0 Å². The topological polar surface area (TPSA) is 32.3 Å². The zero-order valence-electron chi connectivity index (χ0n) is 11.6. The van der Waals surface area contributed by atoms with E-state index in [9.17, 15) is 5.11 Å². The molecule has 0 radical (unpaired) electrons. The third-order valence-electron chi connectivity index (χ3n) is 5.13. The molecular weight excluding hydrogens is 234 g/mol. The van der Waals surface area contributed by atoms with Gasteiger partial charge in [-0.05, 0) is 55.5 Å². The van der Waals surface area contributed by atoms with Gasteiger partial charge in [-0.1, -0.05) is 36.8 Å². The SMILES string of the molecule is OCC1CCCC1CNC1CC(c2ccccc2)C1. The van der Waals surface area contributed by atoms with Crippen LogP contribution in [0.5, 0.6) is 0 Å². The molecule has 0 aliphatic heterocycles. The maximum Gasteiger partial charge on any atom is 0.0462 e. The first kappa shape index (κ1) is 13.1. The zero-order chi connectivity index (χ0) is 13.1. The molecule has 0 bridgehead atoms. The molecule has 0 aromatic heterocycles. The second kappa shape index (κ2) is 6.06. The van der Waals surface area contributed by atoms with E-state index in [2.05, 4.69) is 35.6 Å². The van der Waals surface area contributed by atoms with Gasteiger partial charge in [-0.25, -0.2) is 0 Å². The Balaban J connectivity index is 1.40. The Bertz CT molecular complexity index is 386. The first-order chi connectivity index (χ1) is 9.36. The summed E-state index contributed by atoms with van der Waals surface area (Å²) in [6.07, 6.45) is 6.38. The number of aliphatic hydroxyl groups excluding tert-OH is 1. The summed E-state index contributed by atoms with van der Waals surface area (Å²) in [4.78, 5) is 0. The molecule has 0 heterocycles. The molecule has 2 saturated carbocycles. The van der Waals surface area contributed by atoms with E-state index in [-0.39, 0.29) is 0 Å². The van der Waals surface area contributed by atoms with Crippen LogP contribution in [0.4, 0.5) is 0 Å². The third-order valence-corrected chi connectivity index (χ3v) is 5.13. The summed E-state index contributed by atoms with van der Waals surface area (Å²) in [5.74, 6) is 2.02. The van der Waals surface area contributed by atoms with Crippen LogP contribution in [0.25, 0.3) is 0 Å². The minimum atomic E-state index is 0.379. The summed E-state index contributed by atoms with van der Waals surface area (Å²) in [6, 6.07) is 11.6. The number of rotatable bonds is 5. The number of aliphatic hydroxyl groups is 1. The smallest absolute Gasteiger partial charge is 0.0462 e. The lowest BCUT2D eigenvalue weighted by molar-refractivity contribution is 0.182. The molecule has 1 aromatic carbocycles. The zero-order valence-corrected chi connectivity index (χ0v) is 11.6. The summed E-state index contributed by atoms with van der Waals surface area (Å²) < 4.78 is 0. The van der Waals surface area contributed by atoms with Crippen LogP contribution in [0.2, 0.25) is 0 Å². The van der Waals surface area contributed by atoms with Crippen molar-refractivity contribution in [3.8, 4) is 0 Å². The molecule has 3 rings (SSSR count). The van der Waals surface area contributed by atoms with Crippen molar-refractivity contribution < 1.29 is 5.11 Å². The van der Waals surface area contributed by atoms with Crippen molar-refractivity contribution in [2.75, 3.05) is 13.2 Å². The van der Waals surface area contributed by atoms with Gasteiger partial charge in [0.1, 0.15) is 0 Å². The molecule has 0 spiro atoms. The summed E-state index contributed by atoms with van der Waals surface area (Å²) >= 11 is 0. The second-order valence-electron chi connectivity index (χ2n) is 6.32. The van der Waals surface area contributed by atoms with Crippen molar-refractivity contribution in [1.29, 1.82) is 0 Å². The standard InChI is InChI=1S/C17H25NO/c19-12-15-8-4-7-14(15)11-18-17-9-16(10-17)13-5-2-1-3-6-13/h1-3,5-6,14-19H,4,7-12H2. The average molecular weight is 259 g/mol. The van der Waals surface area contributed by atoms with Crippen LogP contribution in [0.1, 0.15) is 43.6 Å². The van der Waals surface area contributed by atoms with Gasteiger partial charge in [-0.3, -0.25) is 0 Å². The molecule has 2 fully saturated rings. The lowest BCUT2D eigenvalue weighted by Gasteiger charge is -2.37. The second-order valence-corrected chi connectivity index (χ2v) is 6.32. The first-order valence-corrected chi connectivity index (χ1v) is 7.76. The fourth-order valence-electron chi connectivity index (χ4n) is 3.72. The summed E-state index contributed by atoms with van der Waals surface area (Å²) in [5, 5.41) is 13.0. The Morgan fingerprint density at radius 2 is 1.79 bits per heavy atom. The molecule has 0 saturated heterocycles. The van der Waals surface area contributed by atoms with E-state index in [1.54, 1.807) is 0 Å². The number of nitrogens with one attached hydrogen (secondary N) is 1. The van der Waals surface area contributed by atoms with Gasteiger partial charge >= 0.3 is 0 Å². The van der Waals surface area contributed by atoms with E-state index in [1.165, 1.54) is 37.7 Å². The molecule has 19 heavy (non-hydrogen) atoms. The highest BCUT2D eigenvalue weighted by molar-refractivity contribution is 5.22. The average Bonchev–Trinajstić information content (AvgIpc) is 2.85. The van der Waals surface area contributed by atoms with Crippen molar-refractivity contribution in [1.82, 2.24) is 5.32 Å². The maximum atomic E-state index is 9.34. The Morgan fingerprint density at radius 3 is 2.53 bits per heavy atom. The molecular formula is C17H25NO. The van der Waals surface area contributed by atoms with Gasteiger partial charge in [0.2, 0.25) is 0 Å². The predicted octanol–water partition coefficient (Wildman–Crippen LogP) is 2.93. The summed E-state index contributed by atoms with van der Waals surface area (Å²) in [7, 11) is 0. The van der Waals surface area contributed by atoms with E-state index in [1.807, 2.05) is 0 Å². The molecule has 104 valence electrons. The Morgan fingerprint density at radius 1 is 1.05 bits per heavy atom. The van der Waals surface area contributed by atoms with E-state index < -0.39 is 0 Å². The molecule has 2 N–H and O–H groups in total. The number of hydrogen-bond acceptors (Lipinski definition) is 2. The highest BCUT2D eigenvalue weighted by Gasteiger charge is 2.32. The fraction of sp³-hybridized carbons (Fsp3) is 0.647. The lowest BCUT2D eigenvalue weighted by atomic mass is 9.75. The minimum Gasteiger partial charge on any atom is -0.396 e. The monoisotopic (exact) mass is 259 g/mol. The van der Waals surface area contributed by atoms with Crippen molar-refractivity contribution in [2.45, 2.75) is 44.1 Å². The summed E-state index contributed by atoms with van der Waals surface area (Å²) in [6.45, 7) is 1.49. The van der Waals surface area contributed by atoms with E-state index >= 15 is 0 Å². The Kier molecular flexibility index (Phi) is 4.19. The largest absolute Gasteiger partial charge is 0.396 e. The van der Waals surface area contributed by atoms with Crippen molar-refractivity contribution in [3.63, 3.8) is 0 Å². The highest BCUT2D eigenvalue weighted by Crippen LogP contribution is 2.37. The third kappa shape index (κ3) is 3.01. The molecule has 2 heteroatoms. The molecule has 2 aliphatic rings. The predicted molar refractivity (Wildman–Crippen MR) is 78.1 cm³/mol. The van der Waals surface area contributed by atoms with Gasteiger partial charge in [-0.15, -0.1) is 0 Å². The molecule has 1 aromatic rings. The lowest BCUT2D eigenvalue weighted by Crippen LogP contribution is -2.42. The van der Waals surface area contributed by atoms with Crippen molar-refractivity contribution in [2.24, 2.45) is 11.8 Å². The normalized spacial score (nSPS) is 34.2. The maximum absolute atomic E-state index is 9.34. The van der Waals surface area contributed by atoms with Crippen molar-refractivity contribution >= 4 is 0 Å². The molecule has 2 aliphatic carbocycles. The number of benzene rings is 1. The van der Waals surface area contributed by atoms with Crippen LogP contribution in [0.15, 0.2) is 30.3 Å². The van der Waals surface area contributed by atoms with Gasteiger partial charge < -0.3 is 10.4 Å². The van der Waals surface area contributed by atoms with Crippen LogP contribution < -0.4 is 5.32 Å². The van der Waals surface area contributed by atoms with Crippen LogP contribution in [0.3, 0.4) is 0 Å². The molecule has 2 unspecified atom stereocenters. The molecule has 2 atom stereocenters. The number of hydrogen-bond donors (Lipinski definition) is 2. The van der Waals surface area contributed by atoms with Crippen molar-refractivity contribution in [3.05, 3.63) is 35.9 Å². The van der Waals surface area contributed by atoms with E-state index in [0.717, 1.165) is 12.5 Å². The fourth-order valence-corrected chi connectivity index (χ4v) is 3.72. The first-order valence-electron chi connectivity index (χ1n) is 7.76. The van der Waals surface area contributed by atoms with Crippen LogP contribution in [0, 0.1) is 11.8 Å². The van der Waals surface area contributed by atoms with Crippen LogP contribution in [-0.4, -0.2) is 24.3 Å². The Labute approximate surface area is 116 Å². The minimum absolute atomic E-state index is 0.379. The van der Waals surface area contributed by atoms with Gasteiger partial charge in [0, 0.05) is 12.6 Å². The van der Waals surface area contributed by atoms with Gasteiger partial charge in [-0.2, -0.15) is 0 Å². The highest BCUT2D eigenvalue weighted by atomic mass is 16.3. The molecule has 2 nitrogen and oxygen atoms in total.